The van der Waals surface area contributed by atoms with Crippen molar-refractivity contribution >= 4 is 5.97 Å². The van der Waals surface area contributed by atoms with Crippen LogP contribution in [0.15, 0.2) is 18.2 Å². The summed E-state index contributed by atoms with van der Waals surface area (Å²) in [5.41, 5.74) is 0.430. The largest absolute Gasteiger partial charge is 0.467 e. The predicted molar refractivity (Wildman–Crippen MR) is 66.7 cm³/mol. The molecule has 2 rings (SSSR count). The molecule has 1 unspecified atom stereocenters. The first kappa shape index (κ1) is 13.0. The summed E-state index contributed by atoms with van der Waals surface area (Å²) in [6.07, 6.45) is 1.09. The molecule has 98 valence electrons. The number of rotatable bonds is 3. The van der Waals surface area contributed by atoms with Gasteiger partial charge in [-0.05, 0) is 43.9 Å². The van der Waals surface area contributed by atoms with Gasteiger partial charge in [0.25, 0.3) is 0 Å². The molecule has 1 aromatic carbocycles. The Morgan fingerprint density at radius 2 is 2.22 bits per heavy atom. The van der Waals surface area contributed by atoms with Crippen molar-refractivity contribution in [2.75, 3.05) is 7.11 Å². The second-order valence-electron chi connectivity index (χ2n) is 4.96. The summed E-state index contributed by atoms with van der Waals surface area (Å²) in [5, 5.41) is 3.25. The minimum absolute atomic E-state index is 0.110. The van der Waals surface area contributed by atoms with Crippen LogP contribution in [0.1, 0.15) is 31.4 Å². The van der Waals surface area contributed by atoms with Crippen molar-refractivity contribution in [3.63, 3.8) is 0 Å². The highest BCUT2D eigenvalue weighted by molar-refractivity contribution is 5.84. The molecule has 0 aliphatic heterocycles. The topological polar surface area (TPSA) is 38.3 Å². The molecule has 4 heteroatoms. The smallest absolute Gasteiger partial charge is 0.330 e. The van der Waals surface area contributed by atoms with Crippen LogP contribution in [0.5, 0.6) is 0 Å². The van der Waals surface area contributed by atoms with E-state index in [2.05, 4.69) is 5.32 Å². The zero-order valence-corrected chi connectivity index (χ0v) is 10.9. The number of esters is 1. The maximum absolute atomic E-state index is 13.8. The Balaban J connectivity index is 2.53. The number of ether oxygens (including phenoxy) is 1. The number of hydrogen-bond acceptors (Lipinski definition) is 3. The molecule has 0 saturated carbocycles. The maximum atomic E-state index is 13.8. The molecule has 1 N–H and O–H groups in total. The Hall–Kier alpha value is -1.42. The van der Waals surface area contributed by atoms with Gasteiger partial charge in [-0.3, -0.25) is 5.32 Å². The van der Waals surface area contributed by atoms with E-state index in [0.29, 0.717) is 24.0 Å². The van der Waals surface area contributed by atoms with E-state index in [1.54, 1.807) is 12.1 Å². The molecule has 1 aromatic rings. The van der Waals surface area contributed by atoms with Crippen LogP contribution in [0.2, 0.25) is 0 Å². The maximum Gasteiger partial charge on any atom is 0.330 e. The van der Waals surface area contributed by atoms with Gasteiger partial charge in [0, 0.05) is 6.04 Å². The SMILES string of the molecule is COC(=O)C1(NC(C)C)CCc2c(F)cccc21. The lowest BCUT2D eigenvalue weighted by molar-refractivity contribution is -0.149. The molecular weight excluding hydrogens is 233 g/mol. The zero-order valence-electron chi connectivity index (χ0n) is 10.9. The molecule has 1 aliphatic carbocycles. The third kappa shape index (κ3) is 1.90. The molecular formula is C14H18FNO2. The number of nitrogens with one attached hydrogen (secondary N) is 1. The average molecular weight is 251 g/mol. The van der Waals surface area contributed by atoms with E-state index in [9.17, 15) is 9.18 Å². The zero-order chi connectivity index (χ0) is 13.3. The molecule has 0 heterocycles. The summed E-state index contributed by atoms with van der Waals surface area (Å²) in [7, 11) is 1.36. The fourth-order valence-corrected chi connectivity index (χ4v) is 2.75. The van der Waals surface area contributed by atoms with Crippen LogP contribution in [0.4, 0.5) is 4.39 Å². The van der Waals surface area contributed by atoms with E-state index in [-0.39, 0.29) is 17.8 Å². The molecule has 3 nitrogen and oxygen atoms in total. The van der Waals surface area contributed by atoms with Crippen molar-refractivity contribution in [3.8, 4) is 0 Å². The summed E-state index contributed by atoms with van der Waals surface area (Å²) in [4.78, 5) is 12.1. The van der Waals surface area contributed by atoms with Gasteiger partial charge < -0.3 is 4.74 Å². The highest BCUT2D eigenvalue weighted by atomic mass is 19.1. The van der Waals surface area contributed by atoms with Crippen molar-refractivity contribution in [1.29, 1.82) is 0 Å². The fourth-order valence-electron chi connectivity index (χ4n) is 2.75. The number of hydrogen-bond donors (Lipinski definition) is 1. The van der Waals surface area contributed by atoms with E-state index in [4.69, 9.17) is 4.74 Å². The lowest BCUT2D eigenvalue weighted by Gasteiger charge is -2.31. The van der Waals surface area contributed by atoms with Crippen LogP contribution in [0.25, 0.3) is 0 Å². The number of methoxy groups -OCH3 is 1. The summed E-state index contributed by atoms with van der Waals surface area (Å²) in [6.45, 7) is 3.92. The molecule has 0 amide bonds. The van der Waals surface area contributed by atoms with Crippen molar-refractivity contribution in [3.05, 3.63) is 35.1 Å². The summed E-state index contributed by atoms with van der Waals surface area (Å²) in [5.74, 6) is -0.593. The Morgan fingerprint density at radius 3 is 2.83 bits per heavy atom. The van der Waals surface area contributed by atoms with E-state index in [1.165, 1.54) is 13.2 Å². The van der Waals surface area contributed by atoms with Crippen molar-refractivity contribution in [2.24, 2.45) is 0 Å². The highest BCUT2D eigenvalue weighted by Gasteiger charge is 2.47. The van der Waals surface area contributed by atoms with Gasteiger partial charge in [0.1, 0.15) is 11.4 Å². The average Bonchev–Trinajstić information content (AvgIpc) is 2.69. The van der Waals surface area contributed by atoms with Crippen LogP contribution < -0.4 is 5.32 Å². The van der Waals surface area contributed by atoms with Gasteiger partial charge in [0.15, 0.2) is 0 Å². The van der Waals surface area contributed by atoms with Crippen LogP contribution in [0, 0.1) is 5.82 Å². The van der Waals surface area contributed by atoms with Gasteiger partial charge >= 0.3 is 5.97 Å². The first-order valence-electron chi connectivity index (χ1n) is 6.15. The Labute approximate surface area is 106 Å². The van der Waals surface area contributed by atoms with Crippen LogP contribution in [0.3, 0.4) is 0 Å². The fraction of sp³-hybridized carbons (Fsp3) is 0.500. The molecule has 1 atom stereocenters. The molecule has 0 fully saturated rings. The van der Waals surface area contributed by atoms with Crippen molar-refractivity contribution in [1.82, 2.24) is 5.32 Å². The highest BCUT2D eigenvalue weighted by Crippen LogP contribution is 2.39. The van der Waals surface area contributed by atoms with Crippen LogP contribution in [-0.2, 0) is 21.5 Å². The van der Waals surface area contributed by atoms with Gasteiger partial charge in [-0.25, -0.2) is 9.18 Å². The van der Waals surface area contributed by atoms with Gasteiger partial charge in [0.2, 0.25) is 0 Å². The monoisotopic (exact) mass is 251 g/mol. The molecule has 0 saturated heterocycles. The lowest BCUT2D eigenvalue weighted by atomic mass is 9.91. The standard InChI is InChI=1S/C14H18FNO2/c1-9(2)16-14(13(17)18-3)8-7-10-11(14)5-4-6-12(10)15/h4-6,9,16H,7-8H2,1-3H3. The van der Waals surface area contributed by atoms with E-state index in [0.717, 1.165) is 0 Å². The minimum Gasteiger partial charge on any atom is -0.467 e. The van der Waals surface area contributed by atoms with Gasteiger partial charge in [0.05, 0.1) is 7.11 Å². The number of halogens is 1. The predicted octanol–water partition coefficient (Wildman–Crippen LogP) is 2.14. The second kappa shape index (κ2) is 4.69. The summed E-state index contributed by atoms with van der Waals surface area (Å²) < 4.78 is 18.7. The minimum atomic E-state index is -0.902. The quantitative estimate of drug-likeness (QED) is 0.836. The van der Waals surface area contributed by atoms with Crippen LogP contribution in [-0.4, -0.2) is 19.1 Å². The molecule has 0 radical (unpaired) electrons. The van der Waals surface area contributed by atoms with E-state index < -0.39 is 5.54 Å². The molecule has 18 heavy (non-hydrogen) atoms. The first-order valence-corrected chi connectivity index (χ1v) is 6.15. The van der Waals surface area contributed by atoms with Gasteiger partial charge in [-0.15, -0.1) is 0 Å². The van der Waals surface area contributed by atoms with Crippen molar-refractivity contribution in [2.45, 2.75) is 38.3 Å². The van der Waals surface area contributed by atoms with Gasteiger partial charge in [-0.2, -0.15) is 0 Å². The Kier molecular flexibility index (Phi) is 3.39. The second-order valence-corrected chi connectivity index (χ2v) is 4.96. The first-order chi connectivity index (χ1) is 8.51. The van der Waals surface area contributed by atoms with E-state index in [1.807, 2.05) is 13.8 Å². The number of benzene rings is 1. The summed E-state index contributed by atoms with van der Waals surface area (Å²) >= 11 is 0. The third-order valence-electron chi connectivity index (χ3n) is 3.40. The molecule has 0 aromatic heterocycles. The molecule has 0 bridgehead atoms. The normalized spacial score (nSPS) is 22.1. The van der Waals surface area contributed by atoms with Gasteiger partial charge in [-0.1, -0.05) is 12.1 Å². The number of carbonyl (C=O) groups is 1. The van der Waals surface area contributed by atoms with Crippen LogP contribution >= 0.6 is 0 Å². The number of carbonyl (C=O) groups excluding carboxylic acids is 1. The molecule has 0 spiro atoms. The third-order valence-corrected chi connectivity index (χ3v) is 3.40. The summed E-state index contributed by atoms with van der Waals surface area (Å²) in [6, 6.07) is 4.98. The lowest BCUT2D eigenvalue weighted by Crippen LogP contribution is -2.51. The number of fused-ring (bicyclic) bond motifs is 1. The Morgan fingerprint density at radius 1 is 1.50 bits per heavy atom. The Bertz CT molecular complexity index is 473. The van der Waals surface area contributed by atoms with E-state index >= 15 is 0 Å². The molecule has 1 aliphatic rings. The van der Waals surface area contributed by atoms with Crippen molar-refractivity contribution < 1.29 is 13.9 Å².